The summed E-state index contributed by atoms with van der Waals surface area (Å²) >= 11 is 11.9. The smallest absolute Gasteiger partial charge is 0.221 e. The summed E-state index contributed by atoms with van der Waals surface area (Å²) < 4.78 is 7.60. The van der Waals surface area contributed by atoms with E-state index in [2.05, 4.69) is 5.10 Å². The van der Waals surface area contributed by atoms with Crippen molar-refractivity contribution in [3.8, 4) is 11.6 Å². The maximum Gasteiger partial charge on any atom is 0.221 e. The van der Waals surface area contributed by atoms with Gasteiger partial charge in [-0.05, 0) is 32.4 Å². The Morgan fingerprint density at radius 2 is 2.05 bits per heavy atom. The molecule has 20 heavy (non-hydrogen) atoms. The van der Waals surface area contributed by atoms with Gasteiger partial charge >= 0.3 is 0 Å². The van der Waals surface area contributed by atoms with Gasteiger partial charge in [0.25, 0.3) is 0 Å². The van der Waals surface area contributed by atoms with Gasteiger partial charge in [-0.2, -0.15) is 5.10 Å². The summed E-state index contributed by atoms with van der Waals surface area (Å²) in [5, 5.41) is 5.33. The average Bonchev–Trinajstić information content (AvgIpc) is 2.60. The van der Waals surface area contributed by atoms with E-state index in [-0.39, 0.29) is 6.04 Å². The molecule has 1 aromatic carbocycles. The lowest BCUT2D eigenvalue weighted by atomic mass is 10.1. The van der Waals surface area contributed by atoms with Crippen LogP contribution < -0.4 is 10.5 Å². The highest BCUT2D eigenvalue weighted by atomic mass is 35.5. The normalized spacial score (nSPS) is 12.5. The maximum atomic E-state index is 5.99. The first kappa shape index (κ1) is 15.2. The standard InChI is InChI=1S/C14H17Cl2N3O/c1-8(17)6-11-9(2)18-19(3)14(11)20-10-4-5-12(15)13(16)7-10/h4-5,7-8H,6,17H2,1-3H3. The zero-order valence-corrected chi connectivity index (χ0v) is 13.2. The van der Waals surface area contributed by atoms with Gasteiger partial charge in [0.05, 0.1) is 15.7 Å². The van der Waals surface area contributed by atoms with Gasteiger partial charge in [0.15, 0.2) is 0 Å². The van der Waals surface area contributed by atoms with Crippen molar-refractivity contribution in [2.75, 3.05) is 0 Å². The Morgan fingerprint density at radius 1 is 1.35 bits per heavy atom. The molecule has 4 nitrogen and oxygen atoms in total. The molecule has 0 spiro atoms. The van der Waals surface area contributed by atoms with Crippen LogP contribution in [0.1, 0.15) is 18.2 Å². The van der Waals surface area contributed by atoms with Crippen molar-refractivity contribution >= 4 is 23.2 Å². The van der Waals surface area contributed by atoms with E-state index in [1.807, 2.05) is 20.9 Å². The van der Waals surface area contributed by atoms with Crippen LogP contribution in [0.3, 0.4) is 0 Å². The molecule has 108 valence electrons. The molecule has 0 saturated heterocycles. The Morgan fingerprint density at radius 3 is 2.65 bits per heavy atom. The first-order chi connectivity index (χ1) is 9.38. The molecule has 0 amide bonds. The van der Waals surface area contributed by atoms with Crippen molar-refractivity contribution in [3.05, 3.63) is 39.5 Å². The third-order valence-electron chi connectivity index (χ3n) is 2.92. The van der Waals surface area contributed by atoms with Crippen LogP contribution in [-0.4, -0.2) is 15.8 Å². The number of benzene rings is 1. The molecule has 1 unspecified atom stereocenters. The summed E-state index contributed by atoms with van der Waals surface area (Å²) in [5.41, 5.74) is 7.80. The molecule has 0 saturated carbocycles. The molecule has 0 radical (unpaired) electrons. The van der Waals surface area contributed by atoms with Gasteiger partial charge in [-0.25, -0.2) is 4.68 Å². The predicted octanol–water partition coefficient (Wildman–Crippen LogP) is 3.72. The quantitative estimate of drug-likeness (QED) is 0.936. The summed E-state index contributed by atoms with van der Waals surface area (Å²) in [6.45, 7) is 3.90. The number of aryl methyl sites for hydroxylation is 2. The van der Waals surface area contributed by atoms with Crippen LogP contribution in [0, 0.1) is 6.92 Å². The molecule has 2 aromatic rings. The molecule has 1 atom stereocenters. The molecule has 1 aromatic heterocycles. The maximum absolute atomic E-state index is 5.99. The zero-order valence-electron chi connectivity index (χ0n) is 11.7. The summed E-state index contributed by atoms with van der Waals surface area (Å²) in [5.74, 6) is 1.30. The van der Waals surface area contributed by atoms with Crippen molar-refractivity contribution in [1.29, 1.82) is 0 Å². The minimum atomic E-state index is 0.0362. The minimum Gasteiger partial charge on any atom is -0.439 e. The van der Waals surface area contributed by atoms with E-state index in [0.29, 0.717) is 28.1 Å². The molecule has 0 aliphatic carbocycles. The zero-order chi connectivity index (χ0) is 14.9. The first-order valence-electron chi connectivity index (χ1n) is 6.29. The number of ether oxygens (including phenoxy) is 1. The fraction of sp³-hybridized carbons (Fsp3) is 0.357. The van der Waals surface area contributed by atoms with Crippen LogP contribution in [0.4, 0.5) is 0 Å². The summed E-state index contributed by atoms with van der Waals surface area (Å²) in [6.07, 6.45) is 0.705. The van der Waals surface area contributed by atoms with E-state index in [4.69, 9.17) is 33.7 Å². The molecule has 2 rings (SSSR count). The lowest BCUT2D eigenvalue weighted by Gasteiger charge is -2.11. The molecular weight excluding hydrogens is 297 g/mol. The SMILES string of the molecule is Cc1nn(C)c(Oc2ccc(Cl)c(Cl)c2)c1CC(C)N. The van der Waals surface area contributed by atoms with Crippen LogP contribution in [0.2, 0.25) is 10.0 Å². The van der Waals surface area contributed by atoms with Gasteiger partial charge in [-0.3, -0.25) is 0 Å². The predicted molar refractivity (Wildman–Crippen MR) is 81.8 cm³/mol. The summed E-state index contributed by atoms with van der Waals surface area (Å²) in [6, 6.07) is 5.19. The Labute approximate surface area is 128 Å². The number of nitrogens with two attached hydrogens (primary N) is 1. The Hall–Kier alpha value is -1.23. The van der Waals surface area contributed by atoms with E-state index >= 15 is 0 Å². The fourth-order valence-corrected chi connectivity index (χ4v) is 2.31. The largest absolute Gasteiger partial charge is 0.439 e. The van der Waals surface area contributed by atoms with Gasteiger partial charge < -0.3 is 10.5 Å². The monoisotopic (exact) mass is 313 g/mol. The van der Waals surface area contributed by atoms with E-state index in [0.717, 1.165) is 11.3 Å². The second kappa shape index (κ2) is 6.04. The Balaban J connectivity index is 2.34. The molecular formula is C14H17Cl2N3O. The molecule has 1 heterocycles. The van der Waals surface area contributed by atoms with Crippen molar-refractivity contribution in [2.45, 2.75) is 26.3 Å². The van der Waals surface area contributed by atoms with E-state index in [1.165, 1.54) is 0 Å². The Kier molecular flexibility index (Phi) is 4.58. The number of halogens is 2. The number of nitrogens with zero attached hydrogens (tertiary/aromatic N) is 2. The average molecular weight is 314 g/mol. The van der Waals surface area contributed by atoms with Gasteiger partial charge in [-0.1, -0.05) is 23.2 Å². The number of hydrogen-bond donors (Lipinski definition) is 1. The van der Waals surface area contributed by atoms with Crippen molar-refractivity contribution < 1.29 is 4.74 Å². The fourth-order valence-electron chi connectivity index (χ4n) is 2.02. The third-order valence-corrected chi connectivity index (χ3v) is 3.66. The van der Waals surface area contributed by atoms with E-state index in [1.54, 1.807) is 22.9 Å². The topological polar surface area (TPSA) is 53.1 Å². The van der Waals surface area contributed by atoms with Crippen molar-refractivity contribution in [1.82, 2.24) is 9.78 Å². The van der Waals surface area contributed by atoms with Crippen LogP contribution in [0.25, 0.3) is 0 Å². The molecule has 6 heteroatoms. The van der Waals surface area contributed by atoms with Gasteiger partial charge in [0, 0.05) is 24.7 Å². The number of aromatic nitrogens is 2. The second-order valence-corrected chi connectivity index (χ2v) is 5.67. The van der Waals surface area contributed by atoms with Gasteiger partial charge in [0.1, 0.15) is 5.75 Å². The lowest BCUT2D eigenvalue weighted by molar-refractivity contribution is 0.424. The summed E-state index contributed by atoms with van der Waals surface area (Å²) in [7, 11) is 1.84. The van der Waals surface area contributed by atoms with Gasteiger partial charge in [-0.15, -0.1) is 0 Å². The highest BCUT2D eigenvalue weighted by molar-refractivity contribution is 6.42. The van der Waals surface area contributed by atoms with E-state index in [9.17, 15) is 0 Å². The molecule has 0 bridgehead atoms. The van der Waals surface area contributed by atoms with Crippen LogP contribution >= 0.6 is 23.2 Å². The molecule has 0 fully saturated rings. The highest BCUT2D eigenvalue weighted by Gasteiger charge is 2.17. The third kappa shape index (κ3) is 3.26. The highest BCUT2D eigenvalue weighted by Crippen LogP contribution is 2.32. The van der Waals surface area contributed by atoms with Crippen molar-refractivity contribution in [3.63, 3.8) is 0 Å². The second-order valence-electron chi connectivity index (χ2n) is 4.85. The molecule has 0 aliphatic rings. The first-order valence-corrected chi connectivity index (χ1v) is 7.05. The van der Waals surface area contributed by atoms with Crippen molar-refractivity contribution in [2.24, 2.45) is 12.8 Å². The Bertz CT molecular complexity index is 623. The van der Waals surface area contributed by atoms with Crippen LogP contribution in [0.5, 0.6) is 11.6 Å². The molecule has 2 N–H and O–H groups in total. The van der Waals surface area contributed by atoms with Crippen LogP contribution in [0.15, 0.2) is 18.2 Å². The molecule has 0 aliphatic heterocycles. The van der Waals surface area contributed by atoms with E-state index < -0.39 is 0 Å². The number of hydrogen-bond acceptors (Lipinski definition) is 3. The van der Waals surface area contributed by atoms with Crippen LogP contribution in [-0.2, 0) is 13.5 Å². The number of rotatable bonds is 4. The lowest BCUT2D eigenvalue weighted by Crippen LogP contribution is -2.18. The van der Waals surface area contributed by atoms with Gasteiger partial charge in [0.2, 0.25) is 5.88 Å². The summed E-state index contributed by atoms with van der Waals surface area (Å²) in [4.78, 5) is 0. The minimum absolute atomic E-state index is 0.0362.